The fraction of sp³-hybridized carbons (Fsp3) is 0.944. The zero-order chi connectivity index (χ0) is 16.9. The maximum absolute atomic E-state index is 10.6. The number of ether oxygens (including phenoxy) is 2. The Balaban J connectivity index is 0. The van der Waals surface area contributed by atoms with Gasteiger partial charge in [-0.25, -0.2) is 0 Å². The number of hydrogen-bond donors (Lipinski definition) is 1. The smallest absolute Gasteiger partial charge is 0.216 e. The number of hydrogen-bond acceptors (Lipinski definition) is 3. The molecule has 4 nitrogen and oxygen atoms in total. The van der Waals surface area contributed by atoms with Crippen molar-refractivity contribution in [1.82, 2.24) is 5.32 Å². The van der Waals surface area contributed by atoms with Crippen LogP contribution in [0.4, 0.5) is 0 Å². The Labute approximate surface area is 138 Å². The molecule has 1 N–H and O–H groups in total. The monoisotopic (exact) mass is 317 g/mol. The van der Waals surface area contributed by atoms with Gasteiger partial charge in [0.15, 0.2) is 0 Å². The minimum Gasteiger partial charge on any atom is -0.379 e. The second kappa shape index (κ2) is 22.7. The van der Waals surface area contributed by atoms with Crippen LogP contribution >= 0.6 is 0 Å². The highest BCUT2D eigenvalue weighted by Gasteiger charge is 1.94. The van der Waals surface area contributed by atoms with E-state index in [-0.39, 0.29) is 5.91 Å². The summed E-state index contributed by atoms with van der Waals surface area (Å²) >= 11 is 0. The summed E-state index contributed by atoms with van der Waals surface area (Å²) in [5, 5.41) is 2.79. The molecular weight excluding hydrogens is 278 g/mol. The fourth-order valence-electron chi connectivity index (χ4n) is 1.90. The van der Waals surface area contributed by atoms with Crippen LogP contribution in [0.25, 0.3) is 0 Å². The van der Waals surface area contributed by atoms with E-state index in [1.165, 1.54) is 32.1 Å². The quantitative estimate of drug-likeness (QED) is 0.457. The Morgan fingerprint density at radius 2 is 1.27 bits per heavy atom. The van der Waals surface area contributed by atoms with Gasteiger partial charge < -0.3 is 14.8 Å². The molecule has 0 saturated heterocycles. The Hall–Kier alpha value is -0.610. The van der Waals surface area contributed by atoms with Crippen molar-refractivity contribution in [3.8, 4) is 0 Å². The molecule has 0 radical (unpaired) electrons. The fourth-order valence-corrected chi connectivity index (χ4v) is 1.90. The van der Waals surface area contributed by atoms with Crippen molar-refractivity contribution in [2.45, 2.75) is 79.1 Å². The van der Waals surface area contributed by atoms with Crippen LogP contribution in [0.15, 0.2) is 0 Å². The van der Waals surface area contributed by atoms with Crippen LogP contribution in [-0.2, 0) is 14.3 Å². The third-order valence-corrected chi connectivity index (χ3v) is 3.10. The topological polar surface area (TPSA) is 47.6 Å². The number of carbonyl (C=O) groups excluding carboxylic acids is 1. The van der Waals surface area contributed by atoms with Gasteiger partial charge in [0.1, 0.15) is 0 Å². The molecule has 0 aliphatic carbocycles. The third kappa shape index (κ3) is 24.4. The standard InChI is InChI=1S/C16H33NO3.C2H6/c1-3-4-5-6-9-12-19-14-15-20-13-10-7-8-11-17-16(2)18;1-2/h3-15H2,1-2H3,(H,17,18);1-2H3. The summed E-state index contributed by atoms with van der Waals surface area (Å²) in [5.41, 5.74) is 0. The molecule has 0 aliphatic rings. The van der Waals surface area contributed by atoms with Gasteiger partial charge in [0, 0.05) is 26.7 Å². The van der Waals surface area contributed by atoms with Crippen LogP contribution in [0.5, 0.6) is 0 Å². The molecule has 0 bridgehead atoms. The SMILES string of the molecule is CC.CCCCCCCOCCOCCCCCNC(C)=O. The third-order valence-electron chi connectivity index (χ3n) is 3.10. The van der Waals surface area contributed by atoms with Crippen LogP contribution in [0.1, 0.15) is 79.1 Å². The van der Waals surface area contributed by atoms with Crippen LogP contribution in [0.2, 0.25) is 0 Å². The first-order chi connectivity index (χ1) is 10.8. The number of nitrogens with one attached hydrogen (secondary N) is 1. The van der Waals surface area contributed by atoms with Gasteiger partial charge in [0.25, 0.3) is 0 Å². The summed E-state index contributed by atoms with van der Waals surface area (Å²) in [4.78, 5) is 10.6. The first-order valence-electron chi connectivity index (χ1n) is 9.17. The maximum atomic E-state index is 10.6. The lowest BCUT2D eigenvalue weighted by molar-refractivity contribution is -0.118. The summed E-state index contributed by atoms with van der Waals surface area (Å²) in [6.07, 6.45) is 9.58. The summed E-state index contributed by atoms with van der Waals surface area (Å²) < 4.78 is 11.0. The number of carbonyl (C=O) groups is 1. The van der Waals surface area contributed by atoms with Gasteiger partial charge in [-0.15, -0.1) is 0 Å². The highest BCUT2D eigenvalue weighted by Crippen LogP contribution is 2.02. The van der Waals surface area contributed by atoms with Gasteiger partial charge in [0.05, 0.1) is 13.2 Å². The first kappa shape index (κ1) is 23.7. The molecule has 0 aromatic heterocycles. The Morgan fingerprint density at radius 3 is 1.77 bits per heavy atom. The van der Waals surface area contributed by atoms with E-state index in [1.54, 1.807) is 6.92 Å². The van der Waals surface area contributed by atoms with Gasteiger partial charge in [0.2, 0.25) is 5.91 Å². The summed E-state index contributed by atoms with van der Waals surface area (Å²) in [6, 6.07) is 0. The zero-order valence-corrected chi connectivity index (χ0v) is 15.4. The molecule has 0 rings (SSSR count). The highest BCUT2D eigenvalue weighted by atomic mass is 16.5. The molecule has 0 heterocycles. The van der Waals surface area contributed by atoms with E-state index in [0.717, 1.165) is 39.0 Å². The molecule has 22 heavy (non-hydrogen) atoms. The lowest BCUT2D eigenvalue weighted by Gasteiger charge is -2.06. The molecule has 0 fully saturated rings. The first-order valence-corrected chi connectivity index (χ1v) is 9.17. The molecule has 134 valence electrons. The predicted octanol–water partition coefficient (Wildman–Crippen LogP) is 4.32. The van der Waals surface area contributed by atoms with Gasteiger partial charge in [-0.05, 0) is 25.7 Å². The minimum atomic E-state index is 0.0492. The molecule has 0 aromatic carbocycles. The van der Waals surface area contributed by atoms with Crippen LogP contribution < -0.4 is 5.32 Å². The average Bonchev–Trinajstić information content (AvgIpc) is 2.53. The normalized spacial score (nSPS) is 10.0. The van der Waals surface area contributed by atoms with E-state index < -0.39 is 0 Å². The van der Waals surface area contributed by atoms with Crippen molar-refractivity contribution in [3.63, 3.8) is 0 Å². The summed E-state index contributed by atoms with van der Waals surface area (Å²) in [5.74, 6) is 0.0492. The molecular formula is C18H39NO3. The Bertz CT molecular complexity index is 211. The Kier molecular flexibility index (Phi) is 24.4. The predicted molar refractivity (Wildman–Crippen MR) is 94.3 cm³/mol. The average molecular weight is 318 g/mol. The lowest BCUT2D eigenvalue weighted by atomic mass is 10.2. The zero-order valence-electron chi connectivity index (χ0n) is 15.4. The van der Waals surface area contributed by atoms with Crippen molar-refractivity contribution in [2.24, 2.45) is 0 Å². The molecule has 0 aromatic rings. The molecule has 0 saturated carbocycles. The van der Waals surface area contributed by atoms with Crippen LogP contribution in [0.3, 0.4) is 0 Å². The van der Waals surface area contributed by atoms with E-state index in [4.69, 9.17) is 9.47 Å². The van der Waals surface area contributed by atoms with E-state index in [2.05, 4.69) is 12.2 Å². The molecule has 0 unspecified atom stereocenters. The van der Waals surface area contributed by atoms with E-state index in [0.29, 0.717) is 13.2 Å². The minimum absolute atomic E-state index is 0.0492. The number of amides is 1. The van der Waals surface area contributed by atoms with Gasteiger partial charge >= 0.3 is 0 Å². The van der Waals surface area contributed by atoms with Crippen molar-refractivity contribution in [2.75, 3.05) is 33.0 Å². The molecule has 1 amide bonds. The van der Waals surface area contributed by atoms with E-state index >= 15 is 0 Å². The molecule has 4 heteroatoms. The largest absolute Gasteiger partial charge is 0.379 e. The van der Waals surface area contributed by atoms with Crippen LogP contribution in [-0.4, -0.2) is 38.9 Å². The molecule has 0 atom stereocenters. The molecule has 0 spiro atoms. The highest BCUT2D eigenvalue weighted by molar-refractivity contribution is 5.72. The van der Waals surface area contributed by atoms with Gasteiger partial charge in [-0.2, -0.15) is 0 Å². The number of rotatable bonds is 15. The summed E-state index contributed by atoms with van der Waals surface area (Å²) in [6.45, 7) is 11.6. The van der Waals surface area contributed by atoms with Crippen LogP contribution in [0, 0.1) is 0 Å². The van der Waals surface area contributed by atoms with Gasteiger partial charge in [-0.3, -0.25) is 4.79 Å². The van der Waals surface area contributed by atoms with E-state index in [9.17, 15) is 4.79 Å². The second-order valence-corrected chi connectivity index (χ2v) is 5.18. The second-order valence-electron chi connectivity index (χ2n) is 5.18. The summed E-state index contributed by atoms with van der Waals surface area (Å²) in [7, 11) is 0. The van der Waals surface area contributed by atoms with Crippen molar-refractivity contribution >= 4 is 5.91 Å². The molecule has 0 aliphatic heterocycles. The number of unbranched alkanes of at least 4 members (excludes halogenated alkanes) is 6. The lowest BCUT2D eigenvalue weighted by Crippen LogP contribution is -2.20. The van der Waals surface area contributed by atoms with Crippen molar-refractivity contribution in [1.29, 1.82) is 0 Å². The van der Waals surface area contributed by atoms with Crippen molar-refractivity contribution in [3.05, 3.63) is 0 Å². The maximum Gasteiger partial charge on any atom is 0.216 e. The Morgan fingerprint density at radius 1 is 0.773 bits per heavy atom. The van der Waals surface area contributed by atoms with E-state index in [1.807, 2.05) is 13.8 Å². The van der Waals surface area contributed by atoms with Crippen molar-refractivity contribution < 1.29 is 14.3 Å². The van der Waals surface area contributed by atoms with Gasteiger partial charge in [-0.1, -0.05) is 46.5 Å².